The number of aromatic nitrogens is 1. The normalized spacial score (nSPS) is 16.6. The zero-order valence-corrected chi connectivity index (χ0v) is 24.8. The molecule has 2 heterocycles. The summed E-state index contributed by atoms with van der Waals surface area (Å²) in [7, 11) is -4.15. The van der Waals surface area contributed by atoms with Gasteiger partial charge in [0, 0.05) is 17.7 Å². The van der Waals surface area contributed by atoms with Gasteiger partial charge in [0.15, 0.2) is 5.13 Å². The van der Waals surface area contributed by atoms with Gasteiger partial charge in [0.2, 0.25) is 9.84 Å². The van der Waals surface area contributed by atoms with E-state index < -0.39 is 32.5 Å². The summed E-state index contributed by atoms with van der Waals surface area (Å²) in [6.07, 6.45) is 1.08. The van der Waals surface area contributed by atoms with Crippen molar-refractivity contribution < 1.29 is 28.1 Å². The highest BCUT2D eigenvalue weighted by Gasteiger charge is 2.48. The Morgan fingerprint density at radius 3 is 2.21 bits per heavy atom. The third-order valence-corrected chi connectivity index (χ3v) is 10.4. The van der Waals surface area contributed by atoms with Crippen molar-refractivity contribution in [2.75, 3.05) is 4.90 Å². The lowest BCUT2D eigenvalue weighted by Crippen LogP contribution is -2.29. The standard InChI is InChI=1S/C30H26N4O7S2/c1-17(2)19-8-10-21(11-9-19)27-25(26(32-37)20-6-4-18(3)5-7-20)28(35)29(36)33(27)30-31-16-24(42-30)43(40,41)23-14-12-22(13-15-23)34(38)39/h4-17,27,32,37H,1-3H3. The first-order valence-electron chi connectivity index (χ1n) is 13.1. The predicted octanol–water partition coefficient (Wildman–Crippen LogP) is 5.36. The first kappa shape index (κ1) is 29.8. The smallest absolute Gasteiger partial charge is 0.291 e. The molecule has 11 nitrogen and oxygen atoms in total. The highest BCUT2D eigenvalue weighted by molar-refractivity contribution is 7.93. The Balaban J connectivity index is 1.65. The zero-order chi connectivity index (χ0) is 31.1. The summed E-state index contributed by atoms with van der Waals surface area (Å²) in [5, 5.41) is 21.2. The van der Waals surface area contributed by atoms with Crippen molar-refractivity contribution in [2.45, 2.75) is 41.8 Å². The molecule has 1 fully saturated rings. The summed E-state index contributed by atoms with van der Waals surface area (Å²) >= 11 is 0.688. The maximum atomic E-state index is 13.6. The van der Waals surface area contributed by atoms with E-state index >= 15 is 0 Å². The maximum absolute atomic E-state index is 13.6. The molecule has 3 aromatic carbocycles. The quantitative estimate of drug-likeness (QED) is 0.115. The van der Waals surface area contributed by atoms with Gasteiger partial charge in [-0.25, -0.2) is 13.4 Å². The predicted molar refractivity (Wildman–Crippen MR) is 159 cm³/mol. The number of carbonyl (C=O) groups excluding carboxylic acids is 2. The van der Waals surface area contributed by atoms with Crippen LogP contribution in [0.3, 0.4) is 0 Å². The van der Waals surface area contributed by atoms with E-state index in [2.05, 4.69) is 10.5 Å². The Morgan fingerprint density at radius 2 is 1.65 bits per heavy atom. The fraction of sp³-hybridized carbons (Fsp3) is 0.167. The van der Waals surface area contributed by atoms with Gasteiger partial charge >= 0.3 is 5.91 Å². The van der Waals surface area contributed by atoms with Crippen molar-refractivity contribution in [1.29, 1.82) is 0 Å². The molecule has 0 radical (unpaired) electrons. The number of non-ortho nitro benzene ring substituents is 1. The van der Waals surface area contributed by atoms with E-state index in [9.17, 15) is 33.3 Å². The van der Waals surface area contributed by atoms with Gasteiger partial charge in [-0.2, -0.15) is 0 Å². The number of nitrogens with one attached hydrogen (secondary N) is 1. The number of nitro benzene ring substituents is 1. The fourth-order valence-electron chi connectivity index (χ4n) is 4.77. The van der Waals surface area contributed by atoms with Crippen molar-refractivity contribution >= 4 is 49.4 Å². The van der Waals surface area contributed by atoms with Crippen molar-refractivity contribution in [3.63, 3.8) is 0 Å². The number of hydrogen-bond donors (Lipinski definition) is 2. The lowest BCUT2D eigenvalue weighted by Gasteiger charge is -2.24. The Labute approximate surface area is 251 Å². The molecular weight excluding hydrogens is 592 g/mol. The lowest BCUT2D eigenvalue weighted by molar-refractivity contribution is -0.384. The largest absolute Gasteiger partial charge is 0.301 e. The van der Waals surface area contributed by atoms with E-state index in [1.807, 2.05) is 32.9 Å². The van der Waals surface area contributed by atoms with E-state index in [4.69, 9.17) is 0 Å². The average Bonchev–Trinajstić information content (AvgIpc) is 3.58. The van der Waals surface area contributed by atoms with Gasteiger partial charge in [-0.1, -0.05) is 79.3 Å². The van der Waals surface area contributed by atoms with Crippen molar-refractivity contribution in [3.8, 4) is 0 Å². The van der Waals surface area contributed by atoms with Crippen LogP contribution in [0.4, 0.5) is 10.8 Å². The number of anilines is 1. The third kappa shape index (κ3) is 5.45. The number of rotatable bonds is 8. The van der Waals surface area contributed by atoms with E-state index in [0.717, 1.165) is 46.5 Å². The number of benzene rings is 3. The summed E-state index contributed by atoms with van der Waals surface area (Å²) < 4.78 is 26.5. The minimum absolute atomic E-state index is 0.0244. The molecule has 1 aliphatic heterocycles. The number of aryl methyl sites for hydroxylation is 1. The highest BCUT2D eigenvalue weighted by Crippen LogP contribution is 2.44. The molecule has 0 bridgehead atoms. The van der Waals surface area contributed by atoms with Crippen LogP contribution in [0.2, 0.25) is 0 Å². The zero-order valence-electron chi connectivity index (χ0n) is 23.2. The van der Waals surface area contributed by atoms with Crippen molar-refractivity contribution in [1.82, 2.24) is 10.5 Å². The highest BCUT2D eigenvalue weighted by atomic mass is 32.2. The molecule has 0 spiro atoms. The van der Waals surface area contributed by atoms with Crippen LogP contribution >= 0.6 is 11.3 Å². The number of hydrogen-bond acceptors (Lipinski definition) is 10. The van der Waals surface area contributed by atoms with Gasteiger partial charge in [-0.05, 0) is 36.1 Å². The average molecular weight is 619 g/mol. The van der Waals surface area contributed by atoms with Crippen LogP contribution in [-0.2, 0) is 19.4 Å². The van der Waals surface area contributed by atoms with Gasteiger partial charge in [0.05, 0.1) is 33.3 Å². The maximum Gasteiger partial charge on any atom is 0.301 e. The lowest BCUT2D eigenvalue weighted by atomic mass is 9.92. The van der Waals surface area contributed by atoms with Crippen LogP contribution in [0.25, 0.3) is 5.70 Å². The third-order valence-electron chi connectivity index (χ3n) is 7.13. The molecule has 0 aliphatic carbocycles. The van der Waals surface area contributed by atoms with Crippen molar-refractivity contribution in [2.24, 2.45) is 0 Å². The Hall–Kier alpha value is -4.72. The number of sulfone groups is 1. The molecule has 0 saturated carbocycles. The van der Waals surface area contributed by atoms with Crippen molar-refractivity contribution in [3.05, 3.63) is 117 Å². The van der Waals surface area contributed by atoms with E-state index in [-0.39, 0.29) is 37.1 Å². The number of nitro groups is 1. The summed E-state index contributed by atoms with van der Waals surface area (Å²) in [6.45, 7) is 5.95. The number of carbonyl (C=O) groups is 2. The van der Waals surface area contributed by atoms with Gasteiger partial charge in [-0.15, -0.1) is 0 Å². The Bertz CT molecular complexity index is 1860. The molecule has 2 N–H and O–H groups in total. The second kappa shape index (κ2) is 11.5. The molecule has 5 rings (SSSR count). The number of Topliss-reactive ketones (excluding diaryl/α,β-unsaturated/α-hetero) is 1. The fourth-order valence-corrected chi connectivity index (χ4v) is 7.32. The molecule has 43 heavy (non-hydrogen) atoms. The molecule has 1 atom stereocenters. The minimum Gasteiger partial charge on any atom is -0.291 e. The molecular formula is C30H26N4O7S2. The van der Waals surface area contributed by atoms with Gasteiger partial charge in [0.1, 0.15) is 4.21 Å². The molecule has 220 valence electrons. The molecule has 1 aromatic heterocycles. The number of amides is 1. The molecule has 1 amide bonds. The molecule has 1 unspecified atom stereocenters. The van der Waals surface area contributed by atoms with E-state index in [1.165, 1.54) is 0 Å². The first-order chi connectivity index (χ1) is 20.4. The van der Waals surface area contributed by atoms with Crippen LogP contribution in [-0.4, -0.2) is 35.2 Å². The summed E-state index contributed by atoms with van der Waals surface area (Å²) in [5.41, 5.74) is 4.86. The molecule has 1 saturated heterocycles. The molecule has 4 aromatic rings. The van der Waals surface area contributed by atoms with Crippen LogP contribution in [0.15, 0.2) is 93.7 Å². The van der Waals surface area contributed by atoms with E-state index in [1.54, 1.807) is 36.4 Å². The van der Waals surface area contributed by atoms with Crippen LogP contribution in [0.5, 0.6) is 0 Å². The summed E-state index contributed by atoms with van der Waals surface area (Å²) in [4.78, 5) is 42.7. The van der Waals surface area contributed by atoms with Crippen LogP contribution in [0, 0.1) is 17.0 Å². The Morgan fingerprint density at radius 1 is 1.02 bits per heavy atom. The monoisotopic (exact) mass is 618 g/mol. The second-order valence-electron chi connectivity index (χ2n) is 10.2. The Kier molecular flexibility index (Phi) is 7.97. The van der Waals surface area contributed by atoms with Gasteiger partial charge in [-0.3, -0.25) is 35.3 Å². The van der Waals surface area contributed by atoms with Gasteiger partial charge in [0.25, 0.3) is 11.5 Å². The number of ketones is 1. The molecule has 1 aliphatic rings. The van der Waals surface area contributed by atoms with Gasteiger partial charge < -0.3 is 0 Å². The summed E-state index contributed by atoms with van der Waals surface area (Å²) in [6, 6.07) is 17.7. The minimum atomic E-state index is -4.15. The number of thiazole rings is 1. The van der Waals surface area contributed by atoms with Crippen LogP contribution in [0.1, 0.15) is 48.1 Å². The van der Waals surface area contributed by atoms with E-state index in [0.29, 0.717) is 22.5 Å². The second-order valence-corrected chi connectivity index (χ2v) is 13.4. The van der Waals surface area contributed by atoms with Crippen LogP contribution < -0.4 is 10.4 Å². The number of hydroxylamine groups is 1. The summed E-state index contributed by atoms with van der Waals surface area (Å²) in [5.74, 6) is -1.60. The molecule has 13 heteroatoms. The first-order valence-corrected chi connectivity index (χ1v) is 15.4. The topological polar surface area (TPSA) is 160 Å². The SMILES string of the molecule is Cc1ccc(C(NO)=C2C(=O)C(=O)N(c3ncc(S(=O)(=O)c4ccc([N+](=O)[O-])cc4)s3)C2c2ccc(C(C)C)cc2)cc1. The number of nitrogens with zero attached hydrogens (tertiary/aromatic N) is 3.